The van der Waals surface area contributed by atoms with E-state index < -0.39 is 26.1 Å². The van der Waals surface area contributed by atoms with Gasteiger partial charge in [0.1, 0.15) is 0 Å². The Kier molecular flexibility index (Phi) is 5.83. The first-order valence-electron chi connectivity index (χ1n) is 9.15. The van der Waals surface area contributed by atoms with Gasteiger partial charge in [0, 0.05) is 24.7 Å². The summed E-state index contributed by atoms with van der Waals surface area (Å²) in [4.78, 5) is 12.3. The van der Waals surface area contributed by atoms with Crippen molar-refractivity contribution in [1.29, 1.82) is 0 Å². The number of sulfonamides is 2. The number of aryl methyl sites for hydroxylation is 2. The summed E-state index contributed by atoms with van der Waals surface area (Å²) in [5, 5.41) is 3.55. The summed E-state index contributed by atoms with van der Waals surface area (Å²) >= 11 is 0. The normalized spacial score (nSPS) is 16.4. The Labute approximate surface area is 166 Å². The predicted molar refractivity (Wildman–Crippen MR) is 108 cm³/mol. The van der Waals surface area contributed by atoms with E-state index in [-0.39, 0.29) is 6.54 Å². The average molecular weight is 428 g/mol. The maximum absolute atomic E-state index is 12.3. The molecule has 0 saturated carbocycles. The van der Waals surface area contributed by atoms with Crippen LogP contribution in [0.1, 0.15) is 35.1 Å². The summed E-state index contributed by atoms with van der Waals surface area (Å²) in [6.07, 6.45) is 7.98. The lowest BCUT2D eigenvalue weighted by Gasteiger charge is -2.16. The molecule has 0 atom stereocenters. The molecule has 3 rings (SSSR count). The highest BCUT2D eigenvalue weighted by Crippen LogP contribution is 2.38. The molecule has 2 aliphatic rings. The third-order valence-electron chi connectivity index (χ3n) is 5.15. The van der Waals surface area contributed by atoms with Gasteiger partial charge < -0.3 is 5.32 Å². The highest BCUT2D eigenvalue weighted by molar-refractivity contribution is 7.93. The quantitative estimate of drug-likeness (QED) is 0.715. The second-order valence-electron chi connectivity index (χ2n) is 7.25. The van der Waals surface area contributed by atoms with Crippen LogP contribution in [0.4, 0.5) is 10.5 Å². The van der Waals surface area contributed by atoms with Crippen LogP contribution in [0.15, 0.2) is 17.6 Å². The van der Waals surface area contributed by atoms with Crippen molar-refractivity contribution < 1.29 is 21.6 Å². The van der Waals surface area contributed by atoms with Crippen molar-refractivity contribution in [2.24, 2.45) is 0 Å². The van der Waals surface area contributed by atoms with Crippen molar-refractivity contribution in [3.05, 3.63) is 39.8 Å². The molecule has 0 radical (unpaired) electrons. The highest BCUT2D eigenvalue weighted by atomic mass is 32.2. The lowest BCUT2D eigenvalue weighted by atomic mass is 9.99. The molecule has 1 aromatic rings. The molecule has 0 fully saturated rings. The van der Waals surface area contributed by atoms with Crippen LogP contribution in [0, 0.1) is 0 Å². The van der Waals surface area contributed by atoms with Crippen molar-refractivity contribution >= 4 is 31.8 Å². The van der Waals surface area contributed by atoms with Crippen LogP contribution in [0.25, 0.3) is 0 Å². The molecule has 0 saturated heterocycles. The summed E-state index contributed by atoms with van der Waals surface area (Å²) in [6.45, 7) is -0.110. The third-order valence-corrected chi connectivity index (χ3v) is 7.45. The maximum atomic E-state index is 12.3. The summed E-state index contributed by atoms with van der Waals surface area (Å²) in [5.41, 5.74) is 5.46. The molecule has 0 aliphatic heterocycles. The summed E-state index contributed by atoms with van der Waals surface area (Å²) in [5.74, 6) is 0. The fourth-order valence-corrected chi connectivity index (χ4v) is 4.80. The van der Waals surface area contributed by atoms with Gasteiger partial charge in [0.05, 0.1) is 6.26 Å². The Morgan fingerprint density at radius 2 is 1.64 bits per heavy atom. The molecule has 10 heteroatoms. The molecule has 2 N–H and O–H groups in total. The summed E-state index contributed by atoms with van der Waals surface area (Å²) < 4.78 is 49.8. The first-order valence-corrected chi connectivity index (χ1v) is 12.5. The number of benzene rings is 1. The van der Waals surface area contributed by atoms with Crippen molar-refractivity contribution in [3.63, 3.8) is 0 Å². The van der Waals surface area contributed by atoms with E-state index in [9.17, 15) is 21.6 Å². The molecule has 0 unspecified atom stereocenters. The number of anilines is 1. The van der Waals surface area contributed by atoms with Gasteiger partial charge in [-0.25, -0.2) is 30.7 Å². The number of carbonyl (C=O) groups is 1. The van der Waals surface area contributed by atoms with Crippen LogP contribution < -0.4 is 10.0 Å². The minimum absolute atomic E-state index is 0.110. The molecule has 2 aliphatic carbocycles. The monoisotopic (exact) mass is 427 g/mol. The number of likely N-dealkylation sites (N-methyl/N-ethyl adjacent to an activating group) is 1. The molecule has 0 bridgehead atoms. The number of nitrogens with zero attached hydrogens (tertiary/aromatic N) is 1. The van der Waals surface area contributed by atoms with Crippen LogP contribution in [-0.4, -0.2) is 47.0 Å². The van der Waals surface area contributed by atoms with Gasteiger partial charge in [0.15, 0.2) is 0 Å². The van der Waals surface area contributed by atoms with Crippen LogP contribution in [-0.2, 0) is 45.7 Å². The number of nitrogens with one attached hydrogen (secondary N) is 2. The number of carbonyl (C=O) groups excluding carboxylic acids is 1. The smallest absolute Gasteiger partial charge is 0.307 e. The average Bonchev–Trinajstić information content (AvgIpc) is 3.21. The Bertz CT molecular complexity index is 998. The number of hydrogen-bond donors (Lipinski definition) is 2. The van der Waals surface area contributed by atoms with E-state index >= 15 is 0 Å². The lowest BCUT2D eigenvalue weighted by molar-refractivity contribution is 0.256. The molecule has 8 nitrogen and oxygen atoms in total. The molecule has 0 aromatic heterocycles. The van der Waals surface area contributed by atoms with Gasteiger partial charge in [-0.2, -0.15) is 0 Å². The van der Waals surface area contributed by atoms with E-state index in [1.807, 2.05) is 4.72 Å². The van der Waals surface area contributed by atoms with E-state index in [0.29, 0.717) is 0 Å². The zero-order chi connectivity index (χ0) is 20.5. The van der Waals surface area contributed by atoms with Crippen LogP contribution in [0.3, 0.4) is 0 Å². The molecule has 0 spiro atoms. The first kappa shape index (κ1) is 20.8. The maximum Gasteiger partial charge on any atom is 0.333 e. The Morgan fingerprint density at radius 1 is 1.07 bits per heavy atom. The topological polar surface area (TPSA) is 113 Å². The molecule has 1 aromatic carbocycles. The van der Waals surface area contributed by atoms with E-state index in [1.54, 1.807) is 0 Å². The van der Waals surface area contributed by atoms with Gasteiger partial charge >= 0.3 is 6.03 Å². The van der Waals surface area contributed by atoms with Crippen molar-refractivity contribution in [3.8, 4) is 0 Å². The molecule has 0 heterocycles. The van der Waals surface area contributed by atoms with Crippen molar-refractivity contribution in [1.82, 2.24) is 9.03 Å². The fraction of sp³-hybridized carbons (Fsp3) is 0.500. The molecule has 154 valence electrons. The SMILES string of the molecule is CN(C/C=C/S(=O)(=O)NC(=O)Nc1c2c(cc3c1CCC3)CCC2)S(C)(=O)=O. The van der Waals surface area contributed by atoms with Gasteiger partial charge in [-0.05, 0) is 60.8 Å². The van der Waals surface area contributed by atoms with Gasteiger partial charge in [0.25, 0.3) is 10.0 Å². The van der Waals surface area contributed by atoms with Gasteiger partial charge in [0.2, 0.25) is 10.0 Å². The van der Waals surface area contributed by atoms with E-state index in [4.69, 9.17) is 0 Å². The zero-order valence-electron chi connectivity index (χ0n) is 16.0. The fourth-order valence-electron chi connectivity index (χ4n) is 3.72. The molecular weight excluding hydrogens is 402 g/mol. The highest BCUT2D eigenvalue weighted by Gasteiger charge is 2.25. The third kappa shape index (κ3) is 4.73. The van der Waals surface area contributed by atoms with E-state index in [0.717, 1.165) is 71.3 Å². The number of fused-ring (bicyclic) bond motifs is 2. The predicted octanol–water partition coefficient (Wildman–Crippen LogP) is 1.52. The lowest BCUT2D eigenvalue weighted by Crippen LogP contribution is -2.34. The minimum Gasteiger partial charge on any atom is -0.307 e. The molecular formula is C18H25N3O5S2. The Hall–Kier alpha value is -1.91. The van der Waals surface area contributed by atoms with Crippen molar-refractivity contribution in [2.45, 2.75) is 38.5 Å². The molecule has 2 amide bonds. The van der Waals surface area contributed by atoms with Gasteiger partial charge in [-0.15, -0.1) is 0 Å². The standard InChI is InChI=1S/C18H25N3O5S2/c1-21(27(2,23)24)10-5-11-28(25,26)20-18(22)19-17-15-8-3-6-13(15)12-14-7-4-9-16(14)17/h5,11-12H,3-4,6-10H2,1-2H3,(H2,19,20,22)/b11-5+. The van der Waals surface area contributed by atoms with E-state index in [2.05, 4.69) is 11.4 Å². The largest absolute Gasteiger partial charge is 0.333 e. The van der Waals surface area contributed by atoms with E-state index in [1.165, 1.54) is 24.3 Å². The van der Waals surface area contributed by atoms with Gasteiger partial charge in [-0.3, -0.25) is 0 Å². The number of rotatable bonds is 6. The zero-order valence-corrected chi connectivity index (χ0v) is 17.6. The second-order valence-corrected chi connectivity index (χ2v) is 10.9. The van der Waals surface area contributed by atoms with Gasteiger partial charge in [-0.1, -0.05) is 12.1 Å². The second kappa shape index (κ2) is 7.84. The minimum atomic E-state index is -4.03. The van der Waals surface area contributed by atoms with Crippen LogP contribution in [0.2, 0.25) is 0 Å². The number of amides is 2. The summed E-state index contributed by atoms with van der Waals surface area (Å²) in [6, 6.07) is 1.42. The van der Waals surface area contributed by atoms with Crippen molar-refractivity contribution in [2.75, 3.05) is 25.2 Å². The Morgan fingerprint density at radius 3 is 2.18 bits per heavy atom. The first-order chi connectivity index (χ1) is 13.1. The van der Waals surface area contributed by atoms with Crippen LogP contribution >= 0.6 is 0 Å². The molecule has 28 heavy (non-hydrogen) atoms. The number of hydrogen-bond acceptors (Lipinski definition) is 5. The Balaban J connectivity index is 1.70. The van der Waals surface area contributed by atoms with Crippen LogP contribution in [0.5, 0.6) is 0 Å². The summed E-state index contributed by atoms with van der Waals surface area (Å²) in [7, 11) is -6.11. The number of urea groups is 1.